The van der Waals surface area contributed by atoms with Crippen LogP contribution >= 0.6 is 0 Å². The van der Waals surface area contributed by atoms with Crippen molar-refractivity contribution in [2.24, 2.45) is 5.73 Å². The number of hydrogen-bond acceptors (Lipinski definition) is 4. The summed E-state index contributed by atoms with van der Waals surface area (Å²) in [4.78, 5) is 20.7. The van der Waals surface area contributed by atoms with Gasteiger partial charge >= 0.3 is 0 Å². The number of aromatic nitrogens is 2. The second-order valence-electron chi connectivity index (χ2n) is 6.52. The maximum atomic E-state index is 12.6. The summed E-state index contributed by atoms with van der Waals surface area (Å²) in [6.07, 6.45) is 9.17. The molecule has 0 saturated carbocycles. The predicted octanol–water partition coefficient (Wildman–Crippen LogP) is 2.62. The number of nitrogens with two attached hydrogens (primary N) is 1. The number of rotatable bonds is 9. The van der Waals surface area contributed by atoms with Crippen LogP contribution in [0.3, 0.4) is 0 Å². The highest BCUT2D eigenvalue weighted by Crippen LogP contribution is 2.27. The molecule has 5 heteroatoms. The van der Waals surface area contributed by atoms with E-state index in [1.165, 1.54) is 0 Å². The van der Waals surface area contributed by atoms with Crippen molar-refractivity contribution in [3.63, 3.8) is 0 Å². The Balaban J connectivity index is 1.81. The average molecular weight is 360 g/mol. The van der Waals surface area contributed by atoms with E-state index in [9.17, 15) is 4.79 Å². The van der Waals surface area contributed by atoms with Gasteiger partial charge in [-0.1, -0.05) is 30.3 Å². The highest BCUT2D eigenvalue weighted by atomic mass is 16.1. The van der Waals surface area contributed by atoms with Gasteiger partial charge in [-0.2, -0.15) is 0 Å². The Labute approximate surface area is 159 Å². The second-order valence-corrected chi connectivity index (χ2v) is 6.52. The average Bonchev–Trinajstić information content (AvgIpc) is 2.72. The summed E-state index contributed by atoms with van der Waals surface area (Å²) in [5.41, 5.74) is 8.19. The Kier molecular flexibility index (Phi) is 6.28. The molecule has 2 heterocycles. The van der Waals surface area contributed by atoms with Crippen molar-refractivity contribution in [3.8, 4) is 0 Å². The van der Waals surface area contributed by atoms with Gasteiger partial charge in [-0.05, 0) is 60.2 Å². The smallest absolute Gasteiger partial charge is 0.242 e. The Morgan fingerprint density at radius 3 is 1.96 bits per heavy atom. The van der Waals surface area contributed by atoms with Gasteiger partial charge in [0.15, 0.2) is 0 Å². The summed E-state index contributed by atoms with van der Waals surface area (Å²) in [6.45, 7) is 0.637. The van der Waals surface area contributed by atoms with Crippen LogP contribution in [-0.4, -0.2) is 22.4 Å². The molecule has 0 spiro atoms. The van der Waals surface area contributed by atoms with Crippen LogP contribution in [0.25, 0.3) is 0 Å². The summed E-state index contributed by atoms with van der Waals surface area (Å²) in [7, 11) is 0. The standard InChI is InChI=1S/C22H24N4O/c23-21(27)22(20-4-2-1-3-5-20,12-6-18-7-13-24-14-8-18)26-17-11-19-9-15-25-16-10-19/h1-5,7-10,13-16,26H,6,11-12,17H2,(H2,23,27). The van der Waals surface area contributed by atoms with Crippen molar-refractivity contribution in [3.05, 3.63) is 96.1 Å². The third-order valence-corrected chi connectivity index (χ3v) is 4.82. The predicted molar refractivity (Wildman–Crippen MR) is 106 cm³/mol. The summed E-state index contributed by atoms with van der Waals surface area (Å²) in [5.74, 6) is -0.363. The minimum Gasteiger partial charge on any atom is -0.368 e. The lowest BCUT2D eigenvalue weighted by Crippen LogP contribution is -2.53. The molecule has 1 unspecified atom stereocenters. The number of primary amides is 1. The van der Waals surface area contributed by atoms with Crippen LogP contribution in [0.5, 0.6) is 0 Å². The van der Waals surface area contributed by atoms with Gasteiger partial charge in [0.05, 0.1) is 0 Å². The Morgan fingerprint density at radius 1 is 0.852 bits per heavy atom. The summed E-state index contributed by atoms with van der Waals surface area (Å²) >= 11 is 0. The van der Waals surface area contributed by atoms with Gasteiger partial charge in [0.2, 0.25) is 5.91 Å². The third-order valence-electron chi connectivity index (χ3n) is 4.82. The van der Waals surface area contributed by atoms with Crippen LogP contribution < -0.4 is 11.1 Å². The van der Waals surface area contributed by atoms with Crippen molar-refractivity contribution in [1.82, 2.24) is 15.3 Å². The zero-order chi connectivity index (χ0) is 19.0. The lowest BCUT2D eigenvalue weighted by molar-refractivity contribution is -0.125. The van der Waals surface area contributed by atoms with Crippen molar-refractivity contribution in [2.75, 3.05) is 6.54 Å². The van der Waals surface area contributed by atoms with Gasteiger partial charge in [-0.15, -0.1) is 0 Å². The van der Waals surface area contributed by atoms with E-state index in [1.807, 2.05) is 54.6 Å². The number of carbonyl (C=O) groups is 1. The van der Waals surface area contributed by atoms with Gasteiger partial charge in [-0.25, -0.2) is 0 Å². The van der Waals surface area contributed by atoms with E-state index in [4.69, 9.17) is 5.73 Å². The molecular formula is C22H24N4O. The molecule has 0 bridgehead atoms. The first-order valence-electron chi connectivity index (χ1n) is 9.09. The van der Waals surface area contributed by atoms with Gasteiger partial charge in [0.25, 0.3) is 0 Å². The number of aryl methyl sites for hydroxylation is 1. The van der Waals surface area contributed by atoms with Crippen molar-refractivity contribution in [1.29, 1.82) is 0 Å². The highest BCUT2D eigenvalue weighted by Gasteiger charge is 2.37. The lowest BCUT2D eigenvalue weighted by Gasteiger charge is -2.33. The zero-order valence-corrected chi connectivity index (χ0v) is 15.2. The number of hydrogen-bond donors (Lipinski definition) is 2. The molecule has 1 atom stereocenters. The molecule has 0 fully saturated rings. The van der Waals surface area contributed by atoms with Crippen LogP contribution in [0.1, 0.15) is 23.1 Å². The second kappa shape index (κ2) is 9.05. The van der Waals surface area contributed by atoms with E-state index in [0.717, 1.165) is 29.5 Å². The molecule has 5 nitrogen and oxygen atoms in total. The molecule has 27 heavy (non-hydrogen) atoms. The van der Waals surface area contributed by atoms with Crippen LogP contribution in [0.2, 0.25) is 0 Å². The van der Waals surface area contributed by atoms with Gasteiger partial charge < -0.3 is 5.73 Å². The molecule has 3 N–H and O–H groups in total. The van der Waals surface area contributed by atoms with E-state index in [-0.39, 0.29) is 5.91 Å². The highest BCUT2D eigenvalue weighted by molar-refractivity contribution is 5.86. The first-order chi connectivity index (χ1) is 13.2. The van der Waals surface area contributed by atoms with Crippen LogP contribution in [-0.2, 0) is 23.2 Å². The molecule has 1 aromatic carbocycles. The minimum atomic E-state index is -0.919. The molecule has 3 rings (SSSR count). The maximum absolute atomic E-state index is 12.6. The molecule has 1 amide bonds. The first kappa shape index (κ1) is 18.7. The monoisotopic (exact) mass is 360 g/mol. The third kappa shape index (κ3) is 4.77. The fourth-order valence-electron chi connectivity index (χ4n) is 3.26. The molecule has 0 aliphatic carbocycles. The summed E-state index contributed by atoms with van der Waals surface area (Å²) in [6, 6.07) is 17.6. The largest absolute Gasteiger partial charge is 0.368 e. The first-order valence-corrected chi connectivity index (χ1v) is 9.09. The van der Waals surface area contributed by atoms with E-state index in [1.54, 1.807) is 24.8 Å². The maximum Gasteiger partial charge on any atom is 0.242 e. The number of benzene rings is 1. The molecule has 0 aliphatic rings. The van der Waals surface area contributed by atoms with Gasteiger partial charge in [-0.3, -0.25) is 20.1 Å². The number of nitrogens with zero attached hydrogens (tertiary/aromatic N) is 2. The number of pyridine rings is 2. The van der Waals surface area contributed by atoms with E-state index in [0.29, 0.717) is 13.0 Å². The normalized spacial score (nSPS) is 13.0. The number of carbonyl (C=O) groups excluding carboxylic acids is 1. The molecule has 3 aromatic rings. The number of amides is 1. The molecule has 0 aliphatic heterocycles. The van der Waals surface area contributed by atoms with E-state index in [2.05, 4.69) is 15.3 Å². The molecule has 138 valence electrons. The van der Waals surface area contributed by atoms with Gasteiger partial charge in [0, 0.05) is 31.3 Å². The topological polar surface area (TPSA) is 80.9 Å². The van der Waals surface area contributed by atoms with Crippen LogP contribution in [0, 0.1) is 0 Å². The Hall–Kier alpha value is -3.05. The minimum absolute atomic E-state index is 0.363. The lowest BCUT2D eigenvalue weighted by atomic mass is 9.83. The Morgan fingerprint density at radius 2 is 1.41 bits per heavy atom. The van der Waals surface area contributed by atoms with Crippen molar-refractivity contribution >= 4 is 5.91 Å². The van der Waals surface area contributed by atoms with Gasteiger partial charge in [0.1, 0.15) is 5.54 Å². The van der Waals surface area contributed by atoms with E-state index < -0.39 is 5.54 Å². The van der Waals surface area contributed by atoms with E-state index >= 15 is 0 Å². The Bertz CT molecular complexity index is 840. The fraction of sp³-hybridized carbons (Fsp3) is 0.227. The molecule has 0 saturated heterocycles. The number of nitrogens with one attached hydrogen (secondary N) is 1. The fourth-order valence-corrected chi connectivity index (χ4v) is 3.26. The van der Waals surface area contributed by atoms with Crippen molar-refractivity contribution in [2.45, 2.75) is 24.8 Å². The zero-order valence-electron chi connectivity index (χ0n) is 15.2. The van der Waals surface area contributed by atoms with Crippen molar-refractivity contribution < 1.29 is 4.79 Å². The summed E-state index contributed by atoms with van der Waals surface area (Å²) < 4.78 is 0. The quantitative estimate of drug-likeness (QED) is 0.615. The summed E-state index contributed by atoms with van der Waals surface area (Å²) in [5, 5.41) is 3.46. The SMILES string of the molecule is NC(=O)C(CCc1ccncc1)(NCCc1ccncc1)c1ccccc1. The van der Waals surface area contributed by atoms with Crippen LogP contribution in [0.15, 0.2) is 79.4 Å². The molecular weight excluding hydrogens is 336 g/mol. The molecule has 2 aromatic heterocycles. The van der Waals surface area contributed by atoms with Crippen LogP contribution in [0.4, 0.5) is 0 Å². The molecule has 0 radical (unpaired) electrons.